The van der Waals surface area contributed by atoms with E-state index in [2.05, 4.69) is 0 Å². The average molecular weight is 283 g/mol. The zero-order chi connectivity index (χ0) is 13.8. The molecule has 0 aromatic carbocycles. The summed E-state index contributed by atoms with van der Waals surface area (Å²) < 4.78 is 5.37. The topological polar surface area (TPSA) is 66.8 Å². The SMILES string of the molecule is CC(C(=O)N1CCOC(CC(=O)O)C1)c1cccs1. The van der Waals surface area contributed by atoms with Crippen molar-refractivity contribution in [2.24, 2.45) is 0 Å². The standard InChI is InChI=1S/C13H17NO4S/c1-9(11-3-2-6-19-11)13(17)14-4-5-18-10(8-14)7-12(15)16/h2-3,6,9-10H,4-5,7-8H2,1H3,(H,15,16). The molecule has 1 aliphatic rings. The lowest BCUT2D eigenvalue weighted by atomic mass is 10.1. The number of ether oxygens (including phenoxy) is 1. The molecule has 2 atom stereocenters. The first-order valence-electron chi connectivity index (χ1n) is 6.23. The van der Waals surface area contributed by atoms with Crippen molar-refractivity contribution in [1.29, 1.82) is 0 Å². The number of carbonyl (C=O) groups is 2. The average Bonchev–Trinajstić information content (AvgIpc) is 2.90. The summed E-state index contributed by atoms with van der Waals surface area (Å²) in [5.74, 6) is -1.03. The van der Waals surface area contributed by atoms with Crippen molar-refractivity contribution in [3.05, 3.63) is 22.4 Å². The van der Waals surface area contributed by atoms with E-state index >= 15 is 0 Å². The van der Waals surface area contributed by atoms with Crippen LogP contribution in [0.2, 0.25) is 0 Å². The van der Waals surface area contributed by atoms with Crippen molar-refractivity contribution in [3.8, 4) is 0 Å². The summed E-state index contributed by atoms with van der Waals surface area (Å²) in [4.78, 5) is 25.8. The molecular weight excluding hydrogens is 266 g/mol. The molecule has 0 radical (unpaired) electrons. The number of hydrogen-bond acceptors (Lipinski definition) is 4. The molecule has 6 heteroatoms. The van der Waals surface area contributed by atoms with Gasteiger partial charge in [0.25, 0.3) is 0 Å². The normalized spacial score (nSPS) is 21.1. The predicted molar refractivity (Wildman–Crippen MR) is 71.3 cm³/mol. The van der Waals surface area contributed by atoms with Gasteiger partial charge in [0.2, 0.25) is 5.91 Å². The molecule has 1 aromatic heterocycles. The van der Waals surface area contributed by atoms with Gasteiger partial charge in [-0.05, 0) is 18.4 Å². The van der Waals surface area contributed by atoms with Crippen molar-refractivity contribution in [3.63, 3.8) is 0 Å². The summed E-state index contributed by atoms with van der Waals surface area (Å²) in [6, 6.07) is 3.87. The molecule has 0 saturated carbocycles. The van der Waals surface area contributed by atoms with Crippen LogP contribution in [0, 0.1) is 0 Å². The maximum Gasteiger partial charge on any atom is 0.306 e. The Morgan fingerprint density at radius 3 is 3.05 bits per heavy atom. The van der Waals surface area contributed by atoms with E-state index in [0.29, 0.717) is 19.7 Å². The van der Waals surface area contributed by atoms with E-state index in [1.165, 1.54) is 0 Å². The summed E-state index contributed by atoms with van der Waals surface area (Å²) in [6.07, 6.45) is -0.456. The van der Waals surface area contributed by atoms with Crippen LogP contribution in [0.5, 0.6) is 0 Å². The van der Waals surface area contributed by atoms with E-state index in [1.807, 2.05) is 24.4 Å². The van der Waals surface area contributed by atoms with Crippen LogP contribution in [0.3, 0.4) is 0 Å². The third-order valence-electron chi connectivity index (χ3n) is 3.19. The lowest BCUT2D eigenvalue weighted by Gasteiger charge is -2.33. The van der Waals surface area contributed by atoms with Crippen molar-refractivity contribution in [2.45, 2.75) is 25.4 Å². The van der Waals surface area contributed by atoms with Crippen LogP contribution in [0.4, 0.5) is 0 Å². The number of morpholine rings is 1. The highest BCUT2D eigenvalue weighted by Crippen LogP contribution is 2.24. The first kappa shape index (κ1) is 14.0. The molecule has 0 spiro atoms. The lowest BCUT2D eigenvalue weighted by Crippen LogP contribution is -2.47. The molecule has 1 amide bonds. The molecule has 104 valence electrons. The summed E-state index contributed by atoms with van der Waals surface area (Å²) in [7, 11) is 0. The maximum atomic E-state index is 12.4. The van der Waals surface area contributed by atoms with Gasteiger partial charge in [-0.1, -0.05) is 6.07 Å². The predicted octanol–water partition coefficient (Wildman–Crippen LogP) is 1.55. The first-order chi connectivity index (χ1) is 9.08. The summed E-state index contributed by atoms with van der Waals surface area (Å²) in [5, 5.41) is 10.7. The Hall–Kier alpha value is -1.40. The minimum absolute atomic E-state index is 0.0427. The molecule has 1 saturated heterocycles. The number of aliphatic carboxylic acids is 1. The second-order valence-corrected chi connectivity index (χ2v) is 5.59. The molecule has 0 aliphatic carbocycles. The van der Waals surface area contributed by atoms with Crippen molar-refractivity contribution >= 4 is 23.2 Å². The van der Waals surface area contributed by atoms with Gasteiger partial charge in [0, 0.05) is 18.0 Å². The summed E-state index contributed by atoms with van der Waals surface area (Å²) in [5.41, 5.74) is 0. The largest absolute Gasteiger partial charge is 0.481 e. The van der Waals surface area contributed by atoms with Gasteiger partial charge in [-0.25, -0.2) is 0 Å². The maximum absolute atomic E-state index is 12.4. The zero-order valence-corrected chi connectivity index (χ0v) is 11.6. The molecule has 19 heavy (non-hydrogen) atoms. The van der Waals surface area contributed by atoms with Gasteiger partial charge >= 0.3 is 5.97 Å². The molecule has 0 bridgehead atoms. The van der Waals surface area contributed by atoms with Crippen molar-refractivity contribution < 1.29 is 19.4 Å². The van der Waals surface area contributed by atoms with Gasteiger partial charge in [0.15, 0.2) is 0 Å². The molecule has 5 nitrogen and oxygen atoms in total. The Kier molecular flexibility index (Phi) is 4.55. The second kappa shape index (κ2) is 6.16. The quantitative estimate of drug-likeness (QED) is 0.910. The number of carboxylic acid groups (broad SMARTS) is 1. The van der Waals surface area contributed by atoms with E-state index in [-0.39, 0.29) is 18.2 Å². The minimum Gasteiger partial charge on any atom is -0.481 e. The van der Waals surface area contributed by atoms with Crippen molar-refractivity contribution in [1.82, 2.24) is 4.90 Å². The van der Waals surface area contributed by atoms with Gasteiger partial charge in [0.1, 0.15) is 0 Å². The number of carbonyl (C=O) groups excluding carboxylic acids is 1. The molecule has 1 aliphatic heterocycles. The Labute approximate surface area is 115 Å². The first-order valence-corrected chi connectivity index (χ1v) is 7.11. The number of hydrogen-bond donors (Lipinski definition) is 1. The molecule has 2 unspecified atom stereocenters. The van der Waals surface area contributed by atoms with Gasteiger partial charge in [-0.2, -0.15) is 0 Å². The van der Waals surface area contributed by atoms with Crippen LogP contribution in [0.15, 0.2) is 17.5 Å². The van der Waals surface area contributed by atoms with E-state index in [1.54, 1.807) is 16.2 Å². The highest BCUT2D eigenvalue weighted by atomic mass is 32.1. The number of rotatable bonds is 4. The van der Waals surface area contributed by atoms with E-state index < -0.39 is 12.1 Å². The molecular formula is C13H17NO4S. The van der Waals surface area contributed by atoms with E-state index in [0.717, 1.165) is 4.88 Å². The number of carboxylic acids is 1. The molecule has 2 rings (SSSR count). The monoisotopic (exact) mass is 283 g/mol. The number of nitrogens with zero attached hydrogens (tertiary/aromatic N) is 1. The fraction of sp³-hybridized carbons (Fsp3) is 0.538. The Balaban J connectivity index is 1.97. The minimum atomic E-state index is -0.898. The Bertz CT molecular complexity index is 446. The van der Waals surface area contributed by atoms with Gasteiger partial charge < -0.3 is 14.7 Å². The number of amides is 1. The van der Waals surface area contributed by atoms with Gasteiger partial charge in [-0.3, -0.25) is 9.59 Å². The zero-order valence-electron chi connectivity index (χ0n) is 10.7. The molecule has 1 fully saturated rings. The van der Waals surface area contributed by atoms with E-state index in [4.69, 9.17) is 9.84 Å². The van der Waals surface area contributed by atoms with Crippen LogP contribution < -0.4 is 0 Å². The third kappa shape index (κ3) is 3.54. The fourth-order valence-electron chi connectivity index (χ4n) is 2.17. The summed E-state index contributed by atoms with van der Waals surface area (Å²) >= 11 is 1.56. The Morgan fingerprint density at radius 1 is 1.63 bits per heavy atom. The van der Waals surface area contributed by atoms with Crippen LogP contribution in [-0.2, 0) is 14.3 Å². The molecule has 1 N–H and O–H groups in total. The highest BCUT2D eigenvalue weighted by Gasteiger charge is 2.29. The fourth-order valence-corrected chi connectivity index (χ4v) is 2.95. The van der Waals surface area contributed by atoms with Crippen LogP contribution in [-0.4, -0.2) is 47.7 Å². The molecule has 2 heterocycles. The second-order valence-electron chi connectivity index (χ2n) is 4.61. The van der Waals surface area contributed by atoms with Crippen molar-refractivity contribution in [2.75, 3.05) is 19.7 Å². The highest BCUT2D eigenvalue weighted by molar-refractivity contribution is 7.10. The van der Waals surface area contributed by atoms with Crippen LogP contribution >= 0.6 is 11.3 Å². The van der Waals surface area contributed by atoms with Gasteiger partial charge in [-0.15, -0.1) is 11.3 Å². The van der Waals surface area contributed by atoms with E-state index in [9.17, 15) is 9.59 Å². The van der Waals surface area contributed by atoms with Gasteiger partial charge in [0.05, 0.1) is 25.0 Å². The summed E-state index contributed by atoms with van der Waals surface area (Å²) in [6.45, 7) is 3.18. The molecule has 1 aromatic rings. The lowest BCUT2D eigenvalue weighted by molar-refractivity contribution is -0.148. The van der Waals surface area contributed by atoms with Crippen LogP contribution in [0.1, 0.15) is 24.1 Å². The van der Waals surface area contributed by atoms with Crippen LogP contribution in [0.25, 0.3) is 0 Å². The smallest absolute Gasteiger partial charge is 0.306 e. The third-order valence-corrected chi connectivity index (χ3v) is 4.25. The Morgan fingerprint density at radius 2 is 2.42 bits per heavy atom. The number of thiophene rings is 1.